The van der Waals surface area contributed by atoms with Gasteiger partial charge >= 0.3 is 12.0 Å². The van der Waals surface area contributed by atoms with Gasteiger partial charge in [0.25, 0.3) is 0 Å². The number of aliphatic carboxylic acids is 1. The summed E-state index contributed by atoms with van der Waals surface area (Å²) >= 11 is 0. The lowest BCUT2D eigenvalue weighted by Crippen LogP contribution is -2.44. The Kier molecular flexibility index (Phi) is 7.84. The van der Waals surface area contributed by atoms with Crippen molar-refractivity contribution in [1.82, 2.24) is 10.2 Å². The second kappa shape index (κ2) is 8.61. The molecule has 98 valence electrons. The molecular formula is C12H22N2O3. The van der Waals surface area contributed by atoms with E-state index >= 15 is 0 Å². The van der Waals surface area contributed by atoms with Gasteiger partial charge < -0.3 is 15.3 Å². The van der Waals surface area contributed by atoms with Crippen LogP contribution in [0.25, 0.3) is 0 Å². The van der Waals surface area contributed by atoms with E-state index in [0.717, 1.165) is 6.42 Å². The van der Waals surface area contributed by atoms with Crippen molar-refractivity contribution in [3.8, 4) is 0 Å². The third-order valence-electron chi connectivity index (χ3n) is 2.30. The minimum atomic E-state index is -0.833. The van der Waals surface area contributed by atoms with E-state index in [0.29, 0.717) is 19.5 Å². The lowest BCUT2D eigenvalue weighted by molar-refractivity contribution is -0.137. The van der Waals surface area contributed by atoms with Crippen molar-refractivity contribution < 1.29 is 14.7 Å². The van der Waals surface area contributed by atoms with Crippen LogP contribution in [0.5, 0.6) is 0 Å². The first-order chi connectivity index (χ1) is 7.99. The molecule has 0 aliphatic heterocycles. The fourth-order valence-corrected chi connectivity index (χ4v) is 1.38. The molecule has 0 unspecified atom stereocenters. The van der Waals surface area contributed by atoms with E-state index in [1.807, 2.05) is 13.8 Å². The summed E-state index contributed by atoms with van der Waals surface area (Å²) in [4.78, 5) is 23.8. The Hall–Kier alpha value is -1.52. The van der Waals surface area contributed by atoms with Crippen LogP contribution in [0.1, 0.15) is 33.1 Å². The topological polar surface area (TPSA) is 69.6 Å². The Morgan fingerprint density at radius 1 is 1.47 bits per heavy atom. The van der Waals surface area contributed by atoms with Crippen molar-refractivity contribution in [1.29, 1.82) is 0 Å². The third kappa shape index (κ3) is 7.38. The summed E-state index contributed by atoms with van der Waals surface area (Å²) in [5.41, 5.74) is 0. The van der Waals surface area contributed by atoms with E-state index in [1.54, 1.807) is 11.0 Å². The molecule has 17 heavy (non-hydrogen) atoms. The number of amides is 2. The molecule has 0 atom stereocenters. The van der Waals surface area contributed by atoms with Crippen LogP contribution in [0.3, 0.4) is 0 Å². The molecule has 0 saturated heterocycles. The van der Waals surface area contributed by atoms with Gasteiger partial charge in [-0.25, -0.2) is 4.79 Å². The summed E-state index contributed by atoms with van der Waals surface area (Å²) in [6.45, 7) is 8.42. The number of urea groups is 1. The number of rotatable bonds is 8. The summed E-state index contributed by atoms with van der Waals surface area (Å²) in [6.07, 6.45) is 3.03. The van der Waals surface area contributed by atoms with Crippen LogP contribution in [0.4, 0.5) is 4.79 Å². The first-order valence-electron chi connectivity index (χ1n) is 5.86. The average molecular weight is 242 g/mol. The Morgan fingerprint density at radius 3 is 2.59 bits per heavy atom. The molecule has 5 nitrogen and oxygen atoms in total. The highest BCUT2D eigenvalue weighted by atomic mass is 16.4. The van der Waals surface area contributed by atoms with E-state index in [-0.39, 0.29) is 18.5 Å². The molecule has 0 rings (SSSR count). The summed E-state index contributed by atoms with van der Waals surface area (Å²) < 4.78 is 0. The van der Waals surface area contributed by atoms with Gasteiger partial charge in [-0.2, -0.15) is 0 Å². The summed E-state index contributed by atoms with van der Waals surface area (Å²) in [5, 5.41) is 11.3. The number of carboxylic acid groups (broad SMARTS) is 1. The largest absolute Gasteiger partial charge is 0.481 e. The van der Waals surface area contributed by atoms with Gasteiger partial charge in [0.15, 0.2) is 0 Å². The van der Waals surface area contributed by atoms with Gasteiger partial charge in [-0.3, -0.25) is 4.79 Å². The number of carbonyl (C=O) groups is 2. The quantitative estimate of drug-likeness (QED) is 0.504. The molecular weight excluding hydrogens is 220 g/mol. The lowest BCUT2D eigenvalue weighted by atomic mass is 10.2. The summed E-state index contributed by atoms with van der Waals surface area (Å²) in [5.74, 6) is -0.833. The standard InChI is InChI=1S/C12H22N2O3/c1-4-5-8-13-12(17)14(10(2)3)9-6-7-11(15)16/h4,10H,1,5-9H2,2-3H3,(H,13,17)(H,15,16). The highest BCUT2D eigenvalue weighted by molar-refractivity contribution is 5.74. The van der Waals surface area contributed by atoms with Crippen LogP contribution < -0.4 is 5.32 Å². The smallest absolute Gasteiger partial charge is 0.317 e. The lowest BCUT2D eigenvalue weighted by Gasteiger charge is -2.26. The molecule has 0 aromatic carbocycles. The van der Waals surface area contributed by atoms with Crippen LogP contribution in [0, 0.1) is 0 Å². The fraction of sp³-hybridized carbons (Fsp3) is 0.667. The molecule has 0 bridgehead atoms. The second-order valence-electron chi connectivity index (χ2n) is 4.09. The highest BCUT2D eigenvalue weighted by Crippen LogP contribution is 2.02. The van der Waals surface area contributed by atoms with Gasteiger partial charge in [0, 0.05) is 25.6 Å². The van der Waals surface area contributed by atoms with Crippen molar-refractivity contribution in [2.75, 3.05) is 13.1 Å². The number of hydrogen-bond acceptors (Lipinski definition) is 2. The molecule has 0 radical (unpaired) electrons. The van der Waals surface area contributed by atoms with Crippen LogP contribution in [0.15, 0.2) is 12.7 Å². The molecule has 0 aromatic rings. The van der Waals surface area contributed by atoms with E-state index in [9.17, 15) is 9.59 Å². The third-order valence-corrected chi connectivity index (χ3v) is 2.30. The zero-order chi connectivity index (χ0) is 13.3. The molecule has 2 amide bonds. The Labute approximate surface area is 102 Å². The van der Waals surface area contributed by atoms with E-state index in [2.05, 4.69) is 11.9 Å². The highest BCUT2D eigenvalue weighted by Gasteiger charge is 2.15. The normalized spacial score (nSPS) is 10.1. The van der Waals surface area contributed by atoms with Gasteiger partial charge in [0.1, 0.15) is 0 Å². The van der Waals surface area contributed by atoms with E-state index in [1.165, 1.54) is 0 Å². The van der Waals surface area contributed by atoms with Gasteiger partial charge in [-0.05, 0) is 26.7 Å². The van der Waals surface area contributed by atoms with Crippen LogP contribution in [-0.2, 0) is 4.79 Å². The molecule has 0 aromatic heterocycles. The summed E-state index contributed by atoms with van der Waals surface area (Å²) in [6, 6.07) is -0.0836. The number of carbonyl (C=O) groups excluding carboxylic acids is 1. The predicted molar refractivity (Wildman–Crippen MR) is 66.9 cm³/mol. The molecule has 5 heteroatoms. The maximum atomic E-state index is 11.8. The minimum Gasteiger partial charge on any atom is -0.481 e. The zero-order valence-corrected chi connectivity index (χ0v) is 10.6. The zero-order valence-electron chi connectivity index (χ0n) is 10.6. The molecule has 0 saturated carbocycles. The number of nitrogens with zero attached hydrogens (tertiary/aromatic N) is 1. The van der Waals surface area contributed by atoms with Crippen molar-refractivity contribution in [2.45, 2.75) is 39.2 Å². The molecule has 0 heterocycles. The molecule has 2 N–H and O–H groups in total. The van der Waals surface area contributed by atoms with Crippen molar-refractivity contribution in [3.63, 3.8) is 0 Å². The van der Waals surface area contributed by atoms with E-state index in [4.69, 9.17) is 5.11 Å². The minimum absolute atomic E-state index is 0.0625. The monoisotopic (exact) mass is 242 g/mol. The number of carboxylic acids is 1. The fourth-order valence-electron chi connectivity index (χ4n) is 1.38. The SMILES string of the molecule is C=CCCNC(=O)N(CCCC(=O)O)C(C)C. The molecule has 0 spiro atoms. The Morgan fingerprint density at radius 2 is 2.12 bits per heavy atom. The maximum absolute atomic E-state index is 11.8. The molecule has 0 fully saturated rings. The van der Waals surface area contributed by atoms with E-state index < -0.39 is 5.97 Å². The first-order valence-corrected chi connectivity index (χ1v) is 5.86. The maximum Gasteiger partial charge on any atom is 0.317 e. The van der Waals surface area contributed by atoms with Crippen molar-refractivity contribution >= 4 is 12.0 Å². The number of nitrogens with one attached hydrogen (secondary N) is 1. The molecule has 0 aliphatic carbocycles. The van der Waals surface area contributed by atoms with Gasteiger partial charge in [0.05, 0.1) is 0 Å². The van der Waals surface area contributed by atoms with Crippen LogP contribution in [-0.4, -0.2) is 41.1 Å². The predicted octanol–water partition coefficient (Wildman–Crippen LogP) is 1.85. The van der Waals surface area contributed by atoms with Crippen molar-refractivity contribution in [2.24, 2.45) is 0 Å². The van der Waals surface area contributed by atoms with Gasteiger partial charge in [-0.15, -0.1) is 6.58 Å². The first kappa shape index (κ1) is 15.5. The van der Waals surface area contributed by atoms with Gasteiger partial charge in [0.2, 0.25) is 0 Å². The van der Waals surface area contributed by atoms with Crippen molar-refractivity contribution in [3.05, 3.63) is 12.7 Å². The Balaban J connectivity index is 4.07. The summed E-state index contributed by atoms with van der Waals surface area (Å²) in [7, 11) is 0. The Bertz CT molecular complexity index is 264. The average Bonchev–Trinajstić information content (AvgIpc) is 2.23. The number of hydrogen-bond donors (Lipinski definition) is 2. The van der Waals surface area contributed by atoms with Gasteiger partial charge in [-0.1, -0.05) is 6.08 Å². The van der Waals surface area contributed by atoms with Crippen LogP contribution in [0.2, 0.25) is 0 Å². The van der Waals surface area contributed by atoms with Crippen LogP contribution >= 0.6 is 0 Å². The second-order valence-corrected chi connectivity index (χ2v) is 4.09. The molecule has 0 aliphatic rings.